The van der Waals surface area contributed by atoms with Gasteiger partial charge in [-0.1, -0.05) is 11.6 Å². The summed E-state index contributed by atoms with van der Waals surface area (Å²) in [6.07, 6.45) is 5.34. The predicted molar refractivity (Wildman–Crippen MR) is 89.8 cm³/mol. The Hall–Kier alpha value is -1.59. The molecule has 0 atom stereocenters. The molecule has 6 heteroatoms. The maximum Gasteiger partial charge on any atom is 0.346 e. The average molecular weight is 336 g/mol. The van der Waals surface area contributed by atoms with Crippen molar-refractivity contribution in [2.45, 2.75) is 26.2 Å². The molecular formula is C16H18ClN3OS. The van der Waals surface area contributed by atoms with Gasteiger partial charge in [-0.3, -0.25) is 4.57 Å². The second-order valence-corrected chi connectivity index (χ2v) is 7.06. The summed E-state index contributed by atoms with van der Waals surface area (Å²) in [4.78, 5) is 20.3. The molecule has 3 rings (SSSR count). The van der Waals surface area contributed by atoms with Gasteiger partial charge in [0.05, 0.1) is 0 Å². The van der Waals surface area contributed by atoms with E-state index < -0.39 is 0 Å². The number of thiazole rings is 1. The lowest BCUT2D eigenvalue weighted by molar-refractivity contribution is 0.195. The molecule has 1 aromatic carbocycles. The first-order valence-corrected chi connectivity index (χ1v) is 8.61. The number of benzene rings is 1. The molecule has 116 valence electrons. The highest BCUT2D eigenvalue weighted by Crippen LogP contribution is 2.15. The van der Waals surface area contributed by atoms with Gasteiger partial charge in [0.25, 0.3) is 0 Å². The molecule has 0 aliphatic carbocycles. The molecule has 1 fully saturated rings. The van der Waals surface area contributed by atoms with E-state index in [9.17, 15) is 4.79 Å². The number of halogens is 1. The fourth-order valence-electron chi connectivity index (χ4n) is 2.56. The highest BCUT2D eigenvalue weighted by atomic mass is 35.5. The molecule has 0 unspecified atom stereocenters. The van der Waals surface area contributed by atoms with Crippen molar-refractivity contribution in [3.05, 3.63) is 45.2 Å². The van der Waals surface area contributed by atoms with Crippen LogP contribution in [0.1, 0.15) is 24.1 Å². The predicted octanol–water partition coefficient (Wildman–Crippen LogP) is 4.01. The molecule has 0 radical (unpaired) electrons. The van der Waals surface area contributed by atoms with E-state index in [1.165, 1.54) is 17.8 Å². The Morgan fingerprint density at radius 3 is 2.55 bits per heavy atom. The Morgan fingerprint density at radius 1 is 1.18 bits per heavy atom. The van der Waals surface area contributed by atoms with Gasteiger partial charge in [0.2, 0.25) is 0 Å². The van der Waals surface area contributed by atoms with Crippen molar-refractivity contribution in [2.24, 2.45) is 4.99 Å². The Bertz CT molecular complexity index is 727. The molecule has 0 spiro atoms. The van der Waals surface area contributed by atoms with E-state index in [1.807, 2.05) is 46.9 Å². The molecule has 1 aromatic heterocycles. The van der Waals surface area contributed by atoms with Crippen LogP contribution in [-0.2, 0) is 0 Å². The van der Waals surface area contributed by atoms with Crippen molar-refractivity contribution in [2.75, 3.05) is 13.1 Å². The van der Waals surface area contributed by atoms with Crippen LogP contribution in [0.3, 0.4) is 0 Å². The largest absolute Gasteiger partial charge is 0.346 e. The van der Waals surface area contributed by atoms with E-state index in [1.54, 1.807) is 0 Å². The highest BCUT2D eigenvalue weighted by molar-refractivity contribution is 7.09. The molecule has 2 amide bonds. The van der Waals surface area contributed by atoms with Gasteiger partial charge in [-0.15, -0.1) is 11.3 Å². The van der Waals surface area contributed by atoms with E-state index in [0.29, 0.717) is 9.82 Å². The summed E-state index contributed by atoms with van der Waals surface area (Å²) in [5.41, 5.74) is 0.957. The van der Waals surface area contributed by atoms with Gasteiger partial charge in [-0.25, -0.2) is 4.79 Å². The number of amides is 2. The molecule has 2 aromatic rings. The number of hydrogen-bond donors (Lipinski definition) is 0. The van der Waals surface area contributed by atoms with Gasteiger partial charge >= 0.3 is 6.03 Å². The van der Waals surface area contributed by atoms with E-state index in [2.05, 4.69) is 4.99 Å². The summed E-state index contributed by atoms with van der Waals surface area (Å²) >= 11 is 7.46. The van der Waals surface area contributed by atoms with Crippen LogP contribution in [0, 0.1) is 6.92 Å². The Balaban J connectivity index is 1.95. The van der Waals surface area contributed by atoms with Crippen LogP contribution in [0.15, 0.2) is 35.5 Å². The minimum absolute atomic E-state index is 0.135. The Labute approximate surface area is 138 Å². The molecule has 2 heterocycles. The minimum Gasteiger partial charge on any atom is -0.323 e. The molecule has 0 bridgehead atoms. The molecular weight excluding hydrogens is 318 g/mol. The standard InChI is InChI=1S/C16H18ClN3OS/c1-12-11-20(14-7-5-13(17)6-8-14)16(22-12)18-15(21)19-9-3-2-4-10-19/h5-8,11H,2-4,9-10H2,1H3/b18-16-. The van der Waals surface area contributed by atoms with Crippen LogP contribution in [0.25, 0.3) is 5.69 Å². The molecule has 0 saturated carbocycles. The summed E-state index contributed by atoms with van der Waals surface area (Å²) in [5, 5.41) is 0.694. The van der Waals surface area contributed by atoms with Gasteiger partial charge < -0.3 is 4.90 Å². The molecule has 1 aliphatic heterocycles. The van der Waals surface area contributed by atoms with Crippen LogP contribution in [0.4, 0.5) is 4.79 Å². The van der Waals surface area contributed by atoms with Crippen LogP contribution in [-0.4, -0.2) is 28.6 Å². The summed E-state index contributed by atoms with van der Waals surface area (Å²) in [6.45, 7) is 3.64. The van der Waals surface area contributed by atoms with Crippen LogP contribution in [0.5, 0.6) is 0 Å². The van der Waals surface area contributed by atoms with Crippen molar-refractivity contribution < 1.29 is 4.79 Å². The third-order valence-corrected chi connectivity index (χ3v) is 4.84. The number of rotatable bonds is 1. The zero-order chi connectivity index (χ0) is 15.5. The van der Waals surface area contributed by atoms with Gasteiger partial charge in [0, 0.05) is 34.9 Å². The molecule has 1 saturated heterocycles. The third kappa shape index (κ3) is 3.42. The van der Waals surface area contributed by atoms with E-state index in [-0.39, 0.29) is 6.03 Å². The molecule has 22 heavy (non-hydrogen) atoms. The number of carbonyl (C=O) groups is 1. The fourth-order valence-corrected chi connectivity index (χ4v) is 3.51. The van der Waals surface area contributed by atoms with Gasteiger partial charge in [0.1, 0.15) is 0 Å². The SMILES string of the molecule is Cc1cn(-c2ccc(Cl)cc2)/c(=N/C(=O)N2CCCCC2)s1. The highest BCUT2D eigenvalue weighted by Gasteiger charge is 2.16. The van der Waals surface area contributed by atoms with Crippen molar-refractivity contribution in [1.29, 1.82) is 0 Å². The first-order chi connectivity index (χ1) is 10.6. The molecule has 1 aliphatic rings. The first-order valence-electron chi connectivity index (χ1n) is 7.42. The van der Waals surface area contributed by atoms with Gasteiger partial charge in [0.15, 0.2) is 4.80 Å². The number of carbonyl (C=O) groups excluding carboxylic acids is 1. The van der Waals surface area contributed by atoms with Crippen LogP contribution in [0.2, 0.25) is 5.02 Å². The Morgan fingerprint density at radius 2 is 1.86 bits per heavy atom. The van der Waals surface area contributed by atoms with E-state index in [4.69, 9.17) is 11.6 Å². The maximum absolute atomic E-state index is 12.3. The topological polar surface area (TPSA) is 37.6 Å². The number of aryl methyl sites for hydroxylation is 1. The summed E-state index contributed by atoms with van der Waals surface area (Å²) < 4.78 is 1.94. The second kappa shape index (κ2) is 6.67. The van der Waals surface area contributed by atoms with Crippen molar-refractivity contribution in [3.63, 3.8) is 0 Å². The fraction of sp³-hybridized carbons (Fsp3) is 0.375. The lowest BCUT2D eigenvalue weighted by Gasteiger charge is -2.24. The lowest BCUT2D eigenvalue weighted by atomic mass is 10.1. The van der Waals surface area contributed by atoms with Crippen molar-refractivity contribution in [3.8, 4) is 5.69 Å². The van der Waals surface area contributed by atoms with Crippen LogP contribution < -0.4 is 4.80 Å². The second-order valence-electron chi connectivity index (χ2n) is 5.41. The zero-order valence-corrected chi connectivity index (χ0v) is 14.0. The minimum atomic E-state index is -0.135. The number of aromatic nitrogens is 1. The third-order valence-electron chi connectivity index (χ3n) is 3.69. The normalized spacial score (nSPS) is 16.1. The smallest absolute Gasteiger partial charge is 0.323 e. The summed E-state index contributed by atoms with van der Waals surface area (Å²) in [7, 11) is 0. The van der Waals surface area contributed by atoms with Crippen LogP contribution >= 0.6 is 22.9 Å². The molecule has 4 nitrogen and oxygen atoms in total. The molecule has 0 N–H and O–H groups in total. The zero-order valence-electron chi connectivity index (χ0n) is 12.5. The monoisotopic (exact) mass is 335 g/mol. The summed E-state index contributed by atoms with van der Waals surface area (Å²) in [5.74, 6) is 0. The van der Waals surface area contributed by atoms with E-state index in [0.717, 1.165) is 36.5 Å². The number of nitrogens with zero attached hydrogens (tertiary/aromatic N) is 3. The van der Waals surface area contributed by atoms with Crippen molar-refractivity contribution >= 4 is 29.0 Å². The Kier molecular flexibility index (Phi) is 4.64. The number of likely N-dealkylation sites (tertiary alicyclic amines) is 1. The van der Waals surface area contributed by atoms with Crippen molar-refractivity contribution in [1.82, 2.24) is 9.47 Å². The van der Waals surface area contributed by atoms with Gasteiger partial charge in [-0.05, 0) is 50.5 Å². The quantitative estimate of drug-likeness (QED) is 0.776. The number of piperidine rings is 1. The lowest BCUT2D eigenvalue weighted by Crippen LogP contribution is -2.34. The first kappa shape index (κ1) is 15.3. The average Bonchev–Trinajstić information content (AvgIpc) is 2.89. The van der Waals surface area contributed by atoms with E-state index >= 15 is 0 Å². The van der Waals surface area contributed by atoms with Gasteiger partial charge in [-0.2, -0.15) is 4.99 Å². The number of urea groups is 1. The maximum atomic E-state index is 12.3. The number of hydrogen-bond acceptors (Lipinski definition) is 2. The summed E-state index contributed by atoms with van der Waals surface area (Å²) in [6, 6.07) is 7.40.